The van der Waals surface area contributed by atoms with Gasteiger partial charge in [0.2, 0.25) is 0 Å². The van der Waals surface area contributed by atoms with Crippen LogP contribution >= 0.6 is 0 Å². The van der Waals surface area contributed by atoms with E-state index in [0.717, 1.165) is 24.1 Å². The highest BCUT2D eigenvalue weighted by atomic mass is 16.7. The average Bonchev–Trinajstić information content (AvgIpc) is 3.03. The van der Waals surface area contributed by atoms with E-state index < -0.39 is 12.7 Å². The number of piperidine rings is 1. The summed E-state index contributed by atoms with van der Waals surface area (Å²) in [6.07, 6.45) is 1.47. The number of carbonyl (C=O) groups excluding carboxylic acids is 1. The van der Waals surface area contributed by atoms with Gasteiger partial charge in [-0.2, -0.15) is 5.10 Å². The molecular weight excluding hydrogens is 357 g/mol. The van der Waals surface area contributed by atoms with E-state index in [-0.39, 0.29) is 23.3 Å². The van der Waals surface area contributed by atoms with Crippen molar-refractivity contribution in [3.05, 3.63) is 11.8 Å². The van der Waals surface area contributed by atoms with Crippen molar-refractivity contribution in [1.82, 2.24) is 14.7 Å². The van der Waals surface area contributed by atoms with Crippen molar-refractivity contribution in [2.45, 2.75) is 91.1 Å². The van der Waals surface area contributed by atoms with Crippen molar-refractivity contribution in [2.75, 3.05) is 13.1 Å². The molecule has 0 aliphatic carbocycles. The molecule has 3 heterocycles. The number of aryl methyl sites for hydroxylation is 1. The number of hydrogen-bond acceptors (Lipinski definition) is 5. The molecule has 2 saturated heterocycles. The van der Waals surface area contributed by atoms with Gasteiger partial charge < -0.3 is 18.9 Å². The smallest absolute Gasteiger partial charge is 0.444 e. The lowest BCUT2D eigenvalue weighted by molar-refractivity contribution is 0.00578. The van der Waals surface area contributed by atoms with Crippen molar-refractivity contribution < 1.29 is 18.8 Å². The molecule has 0 radical (unpaired) electrons. The summed E-state index contributed by atoms with van der Waals surface area (Å²) >= 11 is 0. The van der Waals surface area contributed by atoms with Gasteiger partial charge in [-0.25, -0.2) is 4.79 Å². The van der Waals surface area contributed by atoms with Gasteiger partial charge in [0.1, 0.15) is 5.60 Å². The highest BCUT2D eigenvalue weighted by Gasteiger charge is 2.52. The molecule has 0 saturated carbocycles. The molecule has 0 aromatic carbocycles. The lowest BCUT2D eigenvalue weighted by Gasteiger charge is -2.33. The van der Waals surface area contributed by atoms with Gasteiger partial charge in [-0.3, -0.25) is 4.68 Å². The SMILES string of the molecule is Cc1cc(B2OC(C)(C)C(C)(C)O2)nn1C1CCN(C(=O)OC(C)(C)C)CC1. The van der Waals surface area contributed by atoms with Gasteiger partial charge >= 0.3 is 13.2 Å². The van der Waals surface area contributed by atoms with Crippen LogP contribution in [0.25, 0.3) is 0 Å². The summed E-state index contributed by atoms with van der Waals surface area (Å²) in [6, 6.07) is 2.30. The van der Waals surface area contributed by atoms with E-state index in [4.69, 9.17) is 19.1 Å². The molecule has 2 fully saturated rings. The topological polar surface area (TPSA) is 65.8 Å². The van der Waals surface area contributed by atoms with E-state index in [2.05, 4.69) is 11.6 Å². The average molecular weight is 391 g/mol. The second-order valence-electron chi connectivity index (χ2n) is 9.94. The van der Waals surface area contributed by atoms with E-state index >= 15 is 0 Å². The molecule has 0 N–H and O–H groups in total. The number of carbonyl (C=O) groups is 1. The zero-order valence-corrected chi connectivity index (χ0v) is 18.5. The summed E-state index contributed by atoms with van der Waals surface area (Å²) in [7, 11) is -0.452. The second-order valence-corrected chi connectivity index (χ2v) is 9.94. The predicted octanol–water partition coefficient (Wildman–Crippen LogP) is 3.06. The monoisotopic (exact) mass is 391 g/mol. The predicted molar refractivity (Wildman–Crippen MR) is 109 cm³/mol. The summed E-state index contributed by atoms with van der Waals surface area (Å²) in [5, 5.41) is 4.81. The summed E-state index contributed by atoms with van der Waals surface area (Å²) in [4.78, 5) is 14.1. The molecule has 0 bridgehead atoms. The van der Waals surface area contributed by atoms with Crippen LogP contribution in [0.5, 0.6) is 0 Å². The van der Waals surface area contributed by atoms with Gasteiger partial charge in [-0.15, -0.1) is 0 Å². The summed E-state index contributed by atoms with van der Waals surface area (Å²) in [5.41, 5.74) is 0.665. The highest BCUT2D eigenvalue weighted by molar-refractivity contribution is 6.61. The molecule has 156 valence electrons. The van der Waals surface area contributed by atoms with Crippen LogP contribution in [0.15, 0.2) is 6.07 Å². The third kappa shape index (κ3) is 4.22. The fourth-order valence-electron chi connectivity index (χ4n) is 3.58. The molecule has 2 aliphatic heterocycles. The molecular formula is C20H34BN3O4. The summed E-state index contributed by atoms with van der Waals surface area (Å²) in [5.74, 6) is 0. The van der Waals surface area contributed by atoms with Crippen LogP contribution in [0.4, 0.5) is 4.79 Å². The molecule has 8 heteroatoms. The summed E-state index contributed by atoms with van der Waals surface area (Å²) < 4.78 is 19.8. The Morgan fingerprint density at radius 1 is 1.18 bits per heavy atom. The minimum absolute atomic E-state index is 0.235. The first-order valence-corrected chi connectivity index (χ1v) is 10.2. The van der Waals surface area contributed by atoms with Crippen molar-refractivity contribution in [3.63, 3.8) is 0 Å². The number of ether oxygens (including phenoxy) is 1. The van der Waals surface area contributed by atoms with Crippen LogP contribution in [0.2, 0.25) is 0 Å². The van der Waals surface area contributed by atoms with Crippen molar-refractivity contribution >= 4 is 18.8 Å². The van der Waals surface area contributed by atoms with Crippen LogP contribution in [0, 0.1) is 6.92 Å². The first-order valence-electron chi connectivity index (χ1n) is 10.2. The third-order valence-corrected chi connectivity index (χ3v) is 5.90. The fourth-order valence-corrected chi connectivity index (χ4v) is 3.58. The number of hydrogen-bond donors (Lipinski definition) is 0. The molecule has 3 rings (SSSR count). The fraction of sp³-hybridized carbons (Fsp3) is 0.800. The lowest BCUT2D eigenvalue weighted by atomic mass is 9.85. The van der Waals surface area contributed by atoms with E-state index in [0.29, 0.717) is 13.1 Å². The van der Waals surface area contributed by atoms with Crippen LogP contribution < -0.4 is 5.59 Å². The molecule has 7 nitrogen and oxygen atoms in total. The molecule has 2 aliphatic rings. The number of amides is 1. The maximum absolute atomic E-state index is 12.3. The third-order valence-electron chi connectivity index (χ3n) is 5.90. The van der Waals surface area contributed by atoms with Crippen LogP contribution in [-0.2, 0) is 14.0 Å². The van der Waals surface area contributed by atoms with Crippen LogP contribution in [0.1, 0.15) is 73.0 Å². The van der Waals surface area contributed by atoms with Crippen LogP contribution in [0.3, 0.4) is 0 Å². The van der Waals surface area contributed by atoms with Gasteiger partial charge in [0.25, 0.3) is 0 Å². The Labute approximate surface area is 168 Å². The standard InChI is InChI=1S/C20H34BN3O4/c1-14-13-16(21-27-19(5,6)20(7,8)28-21)22-24(14)15-9-11-23(12-10-15)17(25)26-18(2,3)4/h13,15H,9-12H2,1-8H3. The Balaban J connectivity index is 1.65. The van der Waals surface area contributed by atoms with Crippen molar-refractivity contribution in [3.8, 4) is 0 Å². The Morgan fingerprint density at radius 2 is 1.71 bits per heavy atom. The van der Waals surface area contributed by atoms with E-state index in [1.54, 1.807) is 4.90 Å². The maximum atomic E-state index is 12.3. The van der Waals surface area contributed by atoms with E-state index in [9.17, 15) is 4.79 Å². The molecule has 0 spiro atoms. The molecule has 1 amide bonds. The molecule has 1 aromatic heterocycles. The molecule has 0 atom stereocenters. The quantitative estimate of drug-likeness (QED) is 0.725. The molecule has 28 heavy (non-hydrogen) atoms. The van der Waals surface area contributed by atoms with Crippen molar-refractivity contribution in [1.29, 1.82) is 0 Å². The second kappa shape index (κ2) is 7.06. The first kappa shape index (κ1) is 21.2. The number of likely N-dealkylation sites (tertiary alicyclic amines) is 1. The summed E-state index contributed by atoms with van der Waals surface area (Å²) in [6.45, 7) is 17.3. The Bertz CT molecular complexity index is 714. The van der Waals surface area contributed by atoms with Gasteiger partial charge in [-0.1, -0.05) is 0 Å². The normalized spacial score (nSPS) is 22.6. The Morgan fingerprint density at radius 3 is 2.21 bits per heavy atom. The number of nitrogens with zero attached hydrogens (tertiary/aromatic N) is 3. The first-order chi connectivity index (χ1) is 12.8. The van der Waals surface area contributed by atoms with E-state index in [1.165, 1.54) is 0 Å². The molecule has 1 aromatic rings. The number of rotatable bonds is 2. The minimum atomic E-state index is -0.468. The lowest BCUT2D eigenvalue weighted by Crippen LogP contribution is -2.42. The van der Waals surface area contributed by atoms with Gasteiger partial charge in [-0.05, 0) is 74.3 Å². The molecule has 0 unspecified atom stereocenters. The van der Waals surface area contributed by atoms with Gasteiger partial charge in [0, 0.05) is 18.8 Å². The maximum Gasteiger partial charge on any atom is 0.516 e. The highest BCUT2D eigenvalue weighted by Crippen LogP contribution is 2.36. The number of aromatic nitrogens is 2. The Hall–Kier alpha value is -1.54. The van der Waals surface area contributed by atoms with E-state index in [1.807, 2.05) is 54.5 Å². The minimum Gasteiger partial charge on any atom is -0.444 e. The van der Waals surface area contributed by atoms with Gasteiger partial charge in [0.15, 0.2) is 0 Å². The Kier molecular flexibility index (Phi) is 5.34. The van der Waals surface area contributed by atoms with Crippen molar-refractivity contribution in [2.24, 2.45) is 0 Å². The largest absolute Gasteiger partial charge is 0.516 e. The van der Waals surface area contributed by atoms with Crippen LogP contribution in [-0.4, -0.2) is 57.8 Å². The zero-order chi connectivity index (χ0) is 20.9. The zero-order valence-electron chi connectivity index (χ0n) is 18.5. The van der Waals surface area contributed by atoms with Gasteiger partial charge in [0.05, 0.1) is 22.8 Å².